The first-order valence-corrected chi connectivity index (χ1v) is 11.9. The molecule has 0 N–H and O–H groups in total. The molecular formula is C22H15F3N2O3S2. The molecule has 0 saturated carbocycles. The van der Waals surface area contributed by atoms with Crippen LogP contribution in [0.3, 0.4) is 0 Å². The number of fused-ring (bicyclic) bond motifs is 1. The van der Waals surface area contributed by atoms with Gasteiger partial charge in [0.25, 0.3) is 10.0 Å². The molecule has 0 unspecified atom stereocenters. The maximum absolute atomic E-state index is 13.5. The van der Waals surface area contributed by atoms with E-state index in [4.69, 9.17) is 0 Å². The number of nitrogens with zero attached hydrogens (tertiary/aromatic N) is 2. The van der Waals surface area contributed by atoms with Crippen molar-refractivity contribution in [3.05, 3.63) is 89.7 Å². The van der Waals surface area contributed by atoms with Crippen molar-refractivity contribution in [2.24, 2.45) is 0 Å². The van der Waals surface area contributed by atoms with Gasteiger partial charge in [-0.05, 0) is 54.8 Å². The van der Waals surface area contributed by atoms with E-state index in [1.807, 2.05) is 0 Å². The molecule has 0 aliphatic carbocycles. The quantitative estimate of drug-likeness (QED) is 0.291. The summed E-state index contributed by atoms with van der Waals surface area (Å²) in [5.74, 6) is -0.861. The van der Waals surface area contributed by atoms with Crippen molar-refractivity contribution in [1.29, 1.82) is 0 Å². The summed E-state index contributed by atoms with van der Waals surface area (Å²) in [6, 6.07) is 15.1. The highest BCUT2D eigenvalue weighted by molar-refractivity contribution is 7.98. The van der Waals surface area contributed by atoms with Crippen molar-refractivity contribution < 1.29 is 26.4 Å². The van der Waals surface area contributed by atoms with E-state index in [-0.39, 0.29) is 26.7 Å². The van der Waals surface area contributed by atoms with Crippen LogP contribution >= 0.6 is 11.8 Å². The number of ketones is 1. The largest absolute Gasteiger partial charge is 0.417 e. The molecule has 4 rings (SSSR count). The monoisotopic (exact) mass is 476 g/mol. The van der Waals surface area contributed by atoms with Crippen LogP contribution in [0, 0.1) is 0 Å². The van der Waals surface area contributed by atoms with Gasteiger partial charge >= 0.3 is 6.18 Å². The molecule has 0 fully saturated rings. The summed E-state index contributed by atoms with van der Waals surface area (Å²) in [4.78, 5) is 17.3. The molecule has 2 heterocycles. The van der Waals surface area contributed by atoms with Crippen LogP contribution in [0.4, 0.5) is 13.2 Å². The highest BCUT2D eigenvalue weighted by atomic mass is 32.2. The fraction of sp³-hybridized carbons (Fsp3) is 0.0909. The molecule has 32 heavy (non-hydrogen) atoms. The second-order valence-corrected chi connectivity index (χ2v) is 9.41. The minimum Gasteiger partial charge on any atom is -0.287 e. The standard InChI is InChI=1S/C22H15F3N2O3S2/c1-31-19-10-9-14(12-17(19)22(23,24)25)20(28)18-13-15-6-5-11-26-21(15)27(18)32(29,30)16-7-3-2-4-8-16/h2-13H,1H3. The third kappa shape index (κ3) is 3.80. The number of aromatic nitrogens is 2. The molecule has 10 heteroatoms. The Labute approximate surface area is 186 Å². The zero-order chi connectivity index (χ0) is 23.1. The number of pyridine rings is 1. The van der Waals surface area contributed by atoms with Crippen molar-refractivity contribution in [3.63, 3.8) is 0 Å². The van der Waals surface area contributed by atoms with Gasteiger partial charge in [0.05, 0.1) is 10.5 Å². The van der Waals surface area contributed by atoms with E-state index >= 15 is 0 Å². The van der Waals surface area contributed by atoms with Gasteiger partial charge in [0.2, 0.25) is 5.78 Å². The van der Waals surface area contributed by atoms with E-state index in [9.17, 15) is 26.4 Å². The molecule has 0 bridgehead atoms. The molecular weight excluding hydrogens is 461 g/mol. The number of hydrogen-bond donors (Lipinski definition) is 0. The van der Waals surface area contributed by atoms with E-state index in [2.05, 4.69) is 4.98 Å². The van der Waals surface area contributed by atoms with Gasteiger partial charge in [0, 0.05) is 22.0 Å². The summed E-state index contributed by atoms with van der Waals surface area (Å²) in [6.07, 6.45) is -1.79. The van der Waals surface area contributed by atoms with E-state index in [0.717, 1.165) is 21.8 Å². The lowest BCUT2D eigenvalue weighted by molar-refractivity contribution is -0.139. The summed E-state index contributed by atoms with van der Waals surface area (Å²) >= 11 is 0.905. The van der Waals surface area contributed by atoms with Gasteiger partial charge in [0.15, 0.2) is 5.65 Å². The number of alkyl halides is 3. The smallest absolute Gasteiger partial charge is 0.287 e. The average molecular weight is 477 g/mol. The van der Waals surface area contributed by atoms with Crippen LogP contribution in [0.15, 0.2) is 82.7 Å². The summed E-state index contributed by atoms with van der Waals surface area (Å²) < 4.78 is 68.1. The Bertz CT molecular complexity index is 1430. The molecule has 2 aromatic heterocycles. The van der Waals surface area contributed by atoms with Crippen LogP contribution in [-0.2, 0) is 16.2 Å². The predicted molar refractivity (Wildman–Crippen MR) is 115 cm³/mol. The number of thioether (sulfide) groups is 1. The van der Waals surface area contributed by atoms with Gasteiger partial charge in [-0.2, -0.15) is 13.2 Å². The van der Waals surface area contributed by atoms with E-state index in [1.165, 1.54) is 54.9 Å². The normalized spacial score (nSPS) is 12.2. The molecule has 0 atom stereocenters. The van der Waals surface area contributed by atoms with Crippen LogP contribution in [0.25, 0.3) is 11.0 Å². The van der Waals surface area contributed by atoms with Crippen molar-refractivity contribution in [2.45, 2.75) is 16.0 Å². The Kier molecular flexibility index (Phi) is 5.59. The molecule has 0 aliphatic rings. The number of carbonyl (C=O) groups is 1. The number of hydrogen-bond acceptors (Lipinski definition) is 5. The molecule has 2 aromatic carbocycles. The second kappa shape index (κ2) is 8.10. The lowest BCUT2D eigenvalue weighted by Crippen LogP contribution is -2.20. The lowest BCUT2D eigenvalue weighted by atomic mass is 10.0. The fourth-order valence-corrected chi connectivity index (χ4v) is 5.41. The Morgan fingerprint density at radius 2 is 1.72 bits per heavy atom. The number of benzene rings is 2. The van der Waals surface area contributed by atoms with Gasteiger partial charge in [-0.15, -0.1) is 11.8 Å². The van der Waals surface area contributed by atoms with Crippen molar-refractivity contribution in [3.8, 4) is 0 Å². The molecule has 5 nitrogen and oxygen atoms in total. The molecule has 0 amide bonds. The molecule has 0 spiro atoms. The minimum atomic E-state index is -4.67. The molecule has 0 aliphatic heterocycles. The molecule has 164 valence electrons. The lowest BCUT2D eigenvalue weighted by Gasteiger charge is -2.14. The second-order valence-electron chi connectivity index (χ2n) is 6.77. The predicted octanol–water partition coefficient (Wildman–Crippen LogP) is 5.25. The van der Waals surface area contributed by atoms with E-state index in [1.54, 1.807) is 18.2 Å². The molecule has 0 radical (unpaired) electrons. The number of halogens is 3. The van der Waals surface area contributed by atoms with Crippen LogP contribution in [0.1, 0.15) is 21.6 Å². The van der Waals surface area contributed by atoms with Gasteiger partial charge in [0.1, 0.15) is 5.69 Å². The highest BCUT2D eigenvalue weighted by Gasteiger charge is 2.35. The van der Waals surface area contributed by atoms with Gasteiger partial charge < -0.3 is 0 Å². The van der Waals surface area contributed by atoms with Crippen LogP contribution in [0.5, 0.6) is 0 Å². The Hall–Kier alpha value is -3.11. The number of carbonyl (C=O) groups excluding carboxylic acids is 1. The topological polar surface area (TPSA) is 69.0 Å². The van der Waals surface area contributed by atoms with Crippen molar-refractivity contribution in [2.75, 3.05) is 6.26 Å². The molecule has 4 aromatic rings. The summed E-state index contributed by atoms with van der Waals surface area (Å²) in [5.41, 5.74) is -1.52. The number of rotatable bonds is 5. The summed E-state index contributed by atoms with van der Waals surface area (Å²) in [6.45, 7) is 0. The fourth-order valence-electron chi connectivity index (χ4n) is 3.33. The van der Waals surface area contributed by atoms with Crippen LogP contribution in [0.2, 0.25) is 0 Å². The highest BCUT2D eigenvalue weighted by Crippen LogP contribution is 2.37. The maximum atomic E-state index is 13.5. The van der Waals surface area contributed by atoms with Crippen molar-refractivity contribution in [1.82, 2.24) is 8.96 Å². The first-order chi connectivity index (χ1) is 15.1. The first kappa shape index (κ1) is 22.1. The Morgan fingerprint density at radius 3 is 2.38 bits per heavy atom. The summed E-state index contributed by atoms with van der Waals surface area (Å²) in [7, 11) is -4.25. The SMILES string of the molecule is CSc1ccc(C(=O)c2cc3cccnc3n2S(=O)(=O)c2ccccc2)cc1C(F)(F)F. The third-order valence-electron chi connectivity index (χ3n) is 4.80. The summed E-state index contributed by atoms with van der Waals surface area (Å²) in [5, 5.41) is 0.368. The minimum absolute atomic E-state index is 0.0106. The molecule has 0 saturated heterocycles. The third-order valence-corrected chi connectivity index (χ3v) is 7.32. The maximum Gasteiger partial charge on any atom is 0.417 e. The van der Waals surface area contributed by atoms with E-state index in [0.29, 0.717) is 5.39 Å². The Morgan fingerprint density at radius 1 is 1.00 bits per heavy atom. The van der Waals surface area contributed by atoms with Crippen LogP contribution < -0.4 is 0 Å². The van der Waals surface area contributed by atoms with Gasteiger partial charge in [-0.1, -0.05) is 18.2 Å². The average Bonchev–Trinajstić information content (AvgIpc) is 3.18. The zero-order valence-electron chi connectivity index (χ0n) is 16.5. The Balaban J connectivity index is 1.95. The zero-order valence-corrected chi connectivity index (χ0v) is 18.1. The van der Waals surface area contributed by atoms with Gasteiger partial charge in [-0.25, -0.2) is 17.4 Å². The van der Waals surface area contributed by atoms with Crippen molar-refractivity contribution >= 4 is 38.6 Å². The first-order valence-electron chi connectivity index (χ1n) is 9.21. The van der Waals surface area contributed by atoms with E-state index < -0.39 is 27.5 Å². The van der Waals surface area contributed by atoms with Crippen LogP contribution in [-0.4, -0.2) is 29.4 Å². The van der Waals surface area contributed by atoms with Gasteiger partial charge in [-0.3, -0.25) is 4.79 Å².